The Bertz CT molecular complexity index is 407. The maximum absolute atomic E-state index is 14.2. The number of nitrogens with zero attached hydrogens (tertiary/aromatic N) is 1. The first-order valence-corrected chi connectivity index (χ1v) is 6.02. The Morgan fingerprint density at radius 3 is 2.80 bits per heavy atom. The Morgan fingerprint density at radius 1 is 1.47 bits per heavy atom. The second kappa shape index (κ2) is 2.97. The highest BCUT2D eigenvalue weighted by Crippen LogP contribution is 2.67. The summed E-state index contributed by atoms with van der Waals surface area (Å²) < 4.78 is 46.7. The van der Waals surface area contributed by atoms with Gasteiger partial charge in [-0.2, -0.15) is 0 Å². The zero-order valence-electron chi connectivity index (χ0n) is 13.5. The number of hydrogen-bond acceptors (Lipinski definition) is 1. The second-order valence-electron chi connectivity index (χ2n) is 5.88. The van der Waals surface area contributed by atoms with Gasteiger partial charge in [0.15, 0.2) is 0 Å². The molecular weight excluding hydrogens is 189 g/mol. The van der Waals surface area contributed by atoms with Crippen molar-refractivity contribution in [2.24, 2.45) is 11.3 Å². The lowest BCUT2D eigenvalue weighted by atomic mass is 9.74. The standard InChI is InChI=1S/C13H22FN/c1-10(2)7-13-8-11(14)9-15(13)6-5-12(13)3-4-12/h10-11H,3-9H2,1-2H3/t11-,13-/m1/s1/i6D2,9D2. The van der Waals surface area contributed by atoms with Gasteiger partial charge in [-0.3, -0.25) is 4.90 Å². The summed E-state index contributed by atoms with van der Waals surface area (Å²) in [6, 6.07) is 0. The molecule has 1 spiro atoms. The highest BCUT2D eigenvalue weighted by atomic mass is 19.1. The van der Waals surface area contributed by atoms with Gasteiger partial charge in [-0.05, 0) is 49.9 Å². The third-order valence-electron chi connectivity index (χ3n) is 4.38. The van der Waals surface area contributed by atoms with Gasteiger partial charge in [-0.15, -0.1) is 0 Å². The summed E-state index contributed by atoms with van der Waals surface area (Å²) in [6.45, 7) is 0.205. The van der Waals surface area contributed by atoms with E-state index in [1.807, 2.05) is 0 Å². The first-order valence-electron chi connectivity index (χ1n) is 8.02. The Hall–Kier alpha value is -0.110. The van der Waals surface area contributed by atoms with Crippen LogP contribution in [-0.4, -0.2) is 29.6 Å². The van der Waals surface area contributed by atoms with Crippen LogP contribution in [0, 0.1) is 11.3 Å². The minimum atomic E-state index is -2.18. The minimum Gasteiger partial charge on any atom is -0.294 e. The molecule has 3 fully saturated rings. The van der Waals surface area contributed by atoms with E-state index in [4.69, 9.17) is 5.48 Å². The third kappa shape index (κ3) is 1.23. The summed E-state index contributed by atoms with van der Waals surface area (Å²) in [7, 11) is 0. The van der Waals surface area contributed by atoms with Gasteiger partial charge in [-0.1, -0.05) is 13.8 Å². The van der Waals surface area contributed by atoms with Crippen LogP contribution >= 0.6 is 0 Å². The fourth-order valence-corrected chi connectivity index (χ4v) is 3.60. The van der Waals surface area contributed by atoms with Gasteiger partial charge < -0.3 is 0 Å². The Balaban J connectivity index is 2.11. The summed E-state index contributed by atoms with van der Waals surface area (Å²) in [5, 5.41) is 0. The number of halogens is 1. The second-order valence-corrected chi connectivity index (χ2v) is 5.88. The van der Waals surface area contributed by atoms with E-state index in [-0.39, 0.29) is 11.8 Å². The highest BCUT2D eigenvalue weighted by molar-refractivity contribution is 5.21. The maximum atomic E-state index is 14.2. The van der Waals surface area contributed by atoms with E-state index in [9.17, 15) is 4.39 Å². The molecule has 0 bridgehead atoms. The monoisotopic (exact) mass is 215 g/mol. The maximum Gasteiger partial charge on any atom is 0.115 e. The molecule has 2 atom stereocenters. The topological polar surface area (TPSA) is 3.24 Å². The molecule has 0 N–H and O–H groups in total. The Morgan fingerprint density at radius 2 is 2.20 bits per heavy atom. The van der Waals surface area contributed by atoms with Crippen LogP contribution < -0.4 is 0 Å². The summed E-state index contributed by atoms with van der Waals surface area (Å²) in [5.74, 6) is 0.315. The van der Waals surface area contributed by atoms with Crippen molar-refractivity contribution in [3.8, 4) is 0 Å². The van der Waals surface area contributed by atoms with Gasteiger partial charge in [0.25, 0.3) is 0 Å². The minimum absolute atomic E-state index is 0.150. The van der Waals surface area contributed by atoms with Crippen molar-refractivity contribution in [3.63, 3.8) is 0 Å². The molecule has 2 heterocycles. The van der Waals surface area contributed by atoms with Gasteiger partial charge in [-0.25, -0.2) is 4.39 Å². The highest BCUT2D eigenvalue weighted by Gasteiger charge is 2.67. The van der Waals surface area contributed by atoms with Crippen LogP contribution in [0.5, 0.6) is 0 Å². The molecule has 0 unspecified atom stereocenters. The number of alkyl halides is 1. The lowest BCUT2D eigenvalue weighted by molar-refractivity contribution is 0.107. The molecule has 0 aromatic rings. The molecule has 3 aliphatic rings. The molecule has 2 saturated heterocycles. The fourth-order valence-electron chi connectivity index (χ4n) is 3.60. The molecular formula is C13H22FN. The third-order valence-corrected chi connectivity index (χ3v) is 4.38. The lowest BCUT2D eigenvalue weighted by Gasteiger charge is -2.39. The van der Waals surface area contributed by atoms with Crippen molar-refractivity contribution in [2.75, 3.05) is 13.0 Å². The van der Waals surface area contributed by atoms with Crippen molar-refractivity contribution < 1.29 is 9.87 Å². The van der Waals surface area contributed by atoms with Gasteiger partial charge in [0.1, 0.15) is 6.17 Å². The van der Waals surface area contributed by atoms with E-state index in [1.54, 1.807) is 0 Å². The van der Waals surface area contributed by atoms with E-state index < -0.39 is 24.7 Å². The quantitative estimate of drug-likeness (QED) is 0.684. The molecule has 1 nitrogen and oxygen atoms in total. The smallest absolute Gasteiger partial charge is 0.115 e. The predicted molar refractivity (Wildman–Crippen MR) is 59.6 cm³/mol. The molecule has 1 saturated carbocycles. The van der Waals surface area contributed by atoms with Gasteiger partial charge >= 0.3 is 0 Å². The SMILES string of the molecule is [2H]C1([2H])CC2(CC2)[C@@]2(CC(C)C)C[C@@H](F)C([2H])([2H])N12. The average Bonchev–Trinajstić information content (AvgIpc) is 2.86. The zero-order valence-corrected chi connectivity index (χ0v) is 9.52. The van der Waals surface area contributed by atoms with Crippen molar-refractivity contribution in [2.45, 2.75) is 57.7 Å². The van der Waals surface area contributed by atoms with E-state index in [0.29, 0.717) is 18.8 Å². The van der Waals surface area contributed by atoms with Crippen LogP contribution in [0.4, 0.5) is 4.39 Å². The van der Waals surface area contributed by atoms with Gasteiger partial charge in [0.2, 0.25) is 0 Å². The summed E-state index contributed by atoms with van der Waals surface area (Å²) in [5.41, 5.74) is -0.803. The van der Waals surface area contributed by atoms with E-state index in [0.717, 1.165) is 12.8 Å². The van der Waals surface area contributed by atoms with Crippen molar-refractivity contribution in [1.29, 1.82) is 0 Å². The summed E-state index contributed by atoms with van der Waals surface area (Å²) in [6.07, 6.45) is 1.44. The molecule has 0 aromatic carbocycles. The molecule has 3 rings (SSSR count). The molecule has 86 valence electrons. The summed E-state index contributed by atoms with van der Waals surface area (Å²) in [4.78, 5) is 1.28. The Kier molecular flexibility index (Phi) is 1.30. The van der Waals surface area contributed by atoms with Gasteiger partial charge in [0, 0.05) is 17.5 Å². The lowest BCUT2D eigenvalue weighted by Crippen LogP contribution is -2.45. The number of hydrogen-bond donors (Lipinski definition) is 0. The van der Waals surface area contributed by atoms with Crippen LogP contribution in [0.25, 0.3) is 0 Å². The van der Waals surface area contributed by atoms with Crippen LogP contribution in [0.2, 0.25) is 0 Å². The molecule has 2 heteroatoms. The van der Waals surface area contributed by atoms with Crippen LogP contribution in [0.1, 0.15) is 51.4 Å². The first-order chi connectivity index (χ1) is 8.57. The predicted octanol–water partition coefficient (Wildman–Crippen LogP) is 3.00. The fraction of sp³-hybridized carbons (Fsp3) is 1.00. The molecule has 1 aliphatic carbocycles. The first kappa shape index (κ1) is 6.58. The van der Waals surface area contributed by atoms with Crippen molar-refractivity contribution in [3.05, 3.63) is 0 Å². The van der Waals surface area contributed by atoms with Gasteiger partial charge in [0.05, 0.1) is 0 Å². The molecule has 15 heavy (non-hydrogen) atoms. The van der Waals surface area contributed by atoms with E-state index >= 15 is 0 Å². The number of fused-ring (bicyclic) bond motifs is 2. The van der Waals surface area contributed by atoms with Crippen LogP contribution in [-0.2, 0) is 0 Å². The van der Waals surface area contributed by atoms with Crippen LogP contribution in [0.15, 0.2) is 0 Å². The molecule has 0 radical (unpaired) electrons. The van der Waals surface area contributed by atoms with Crippen LogP contribution in [0.3, 0.4) is 0 Å². The summed E-state index contributed by atoms with van der Waals surface area (Å²) >= 11 is 0. The van der Waals surface area contributed by atoms with E-state index in [2.05, 4.69) is 13.8 Å². The molecule has 0 amide bonds. The zero-order chi connectivity index (χ0) is 14.3. The normalized spacial score (nSPS) is 53.5. The number of rotatable bonds is 2. The largest absolute Gasteiger partial charge is 0.294 e. The van der Waals surface area contributed by atoms with E-state index in [1.165, 1.54) is 4.90 Å². The molecule has 2 aliphatic heterocycles. The molecule has 0 aromatic heterocycles. The average molecular weight is 215 g/mol. The Labute approximate surface area is 97.6 Å². The van der Waals surface area contributed by atoms with Crippen molar-refractivity contribution >= 4 is 0 Å². The van der Waals surface area contributed by atoms with Crippen molar-refractivity contribution in [1.82, 2.24) is 4.90 Å².